The fraction of sp³-hybridized carbons (Fsp3) is 0.562. The van der Waals surface area contributed by atoms with Crippen molar-refractivity contribution in [2.75, 3.05) is 39.4 Å². The number of hydrogen-bond donors (Lipinski definition) is 0. The zero-order chi connectivity index (χ0) is 18.0. The van der Waals surface area contributed by atoms with Crippen LogP contribution in [-0.4, -0.2) is 62.9 Å². The second-order valence-electron chi connectivity index (χ2n) is 6.21. The third kappa shape index (κ3) is 3.97. The molecule has 2 saturated heterocycles. The molecular weight excluding hydrogens is 371 g/mol. The van der Waals surface area contributed by atoms with Gasteiger partial charge in [-0.25, -0.2) is 12.8 Å². The van der Waals surface area contributed by atoms with Crippen molar-refractivity contribution in [2.24, 2.45) is 5.92 Å². The van der Waals surface area contributed by atoms with Crippen LogP contribution < -0.4 is 0 Å². The second kappa shape index (κ2) is 7.57. The summed E-state index contributed by atoms with van der Waals surface area (Å²) in [6.45, 7) is 2.52. The number of halogens is 2. The van der Waals surface area contributed by atoms with Gasteiger partial charge in [-0.2, -0.15) is 4.31 Å². The maximum absolute atomic E-state index is 13.2. The first-order valence-corrected chi connectivity index (χ1v) is 10.0. The van der Waals surface area contributed by atoms with Crippen molar-refractivity contribution in [3.63, 3.8) is 0 Å². The van der Waals surface area contributed by atoms with Crippen LogP contribution in [0.25, 0.3) is 0 Å². The first kappa shape index (κ1) is 18.6. The smallest absolute Gasteiger partial charge is 0.244 e. The molecule has 138 valence electrons. The summed E-state index contributed by atoms with van der Waals surface area (Å²) in [7, 11) is -3.87. The van der Waals surface area contributed by atoms with Crippen LogP contribution in [0.2, 0.25) is 5.02 Å². The molecule has 1 aromatic carbocycles. The number of rotatable bonds is 3. The molecule has 2 heterocycles. The Hall–Kier alpha value is -1.22. The minimum atomic E-state index is -3.87. The lowest BCUT2D eigenvalue weighted by Gasteiger charge is -2.35. The summed E-state index contributed by atoms with van der Waals surface area (Å²) in [6.07, 6.45) is 1.25. The molecule has 3 rings (SSSR count). The number of carbonyl (C=O) groups is 1. The largest absolute Gasteiger partial charge is 0.378 e. The number of piperidine rings is 1. The molecular formula is C16H20ClFN2O4S. The fourth-order valence-electron chi connectivity index (χ4n) is 3.23. The molecule has 0 aromatic heterocycles. The van der Waals surface area contributed by atoms with Gasteiger partial charge in [0.2, 0.25) is 15.9 Å². The van der Waals surface area contributed by atoms with Crippen molar-refractivity contribution in [1.29, 1.82) is 0 Å². The number of amides is 1. The lowest BCUT2D eigenvalue weighted by molar-refractivity contribution is -0.140. The molecule has 0 aliphatic carbocycles. The standard InChI is InChI=1S/C16H20ClFN2O4S/c17-14-10-13(18)3-4-15(14)25(22,23)20-5-1-2-12(11-20)16(21)19-6-8-24-9-7-19/h3-4,10,12H,1-2,5-9,11H2. The van der Waals surface area contributed by atoms with Crippen LogP contribution in [0.3, 0.4) is 0 Å². The van der Waals surface area contributed by atoms with Crippen LogP contribution in [-0.2, 0) is 19.6 Å². The predicted octanol–water partition coefficient (Wildman–Crippen LogP) is 1.74. The van der Waals surface area contributed by atoms with Gasteiger partial charge in [-0.05, 0) is 31.0 Å². The van der Waals surface area contributed by atoms with E-state index in [9.17, 15) is 17.6 Å². The van der Waals surface area contributed by atoms with Gasteiger partial charge in [-0.1, -0.05) is 11.6 Å². The highest BCUT2D eigenvalue weighted by Crippen LogP contribution is 2.29. The first-order valence-electron chi connectivity index (χ1n) is 8.21. The van der Waals surface area contributed by atoms with Gasteiger partial charge in [-0.15, -0.1) is 0 Å². The topological polar surface area (TPSA) is 66.9 Å². The van der Waals surface area contributed by atoms with Gasteiger partial charge in [0, 0.05) is 26.2 Å². The van der Waals surface area contributed by atoms with Crippen molar-refractivity contribution >= 4 is 27.5 Å². The molecule has 1 atom stereocenters. The number of nitrogens with zero attached hydrogens (tertiary/aromatic N) is 2. The Bertz CT molecular complexity index is 753. The van der Waals surface area contributed by atoms with Gasteiger partial charge in [-0.3, -0.25) is 4.79 Å². The minimum absolute atomic E-state index is 0.0339. The summed E-state index contributed by atoms with van der Waals surface area (Å²) >= 11 is 5.92. The summed E-state index contributed by atoms with van der Waals surface area (Å²) in [4.78, 5) is 14.2. The fourth-order valence-corrected chi connectivity index (χ4v) is 5.26. The van der Waals surface area contributed by atoms with Crippen LogP contribution in [0, 0.1) is 11.7 Å². The molecule has 2 fully saturated rings. The van der Waals surface area contributed by atoms with Crippen LogP contribution in [0.15, 0.2) is 23.1 Å². The lowest BCUT2D eigenvalue weighted by atomic mass is 9.98. The average Bonchev–Trinajstić information content (AvgIpc) is 2.61. The molecule has 1 unspecified atom stereocenters. The van der Waals surface area contributed by atoms with E-state index < -0.39 is 15.8 Å². The third-order valence-corrected chi connectivity index (χ3v) is 6.92. The van der Waals surface area contributed by atoms with Crippen molar-refractivity contribution in [3.05, 3.63) is 29.0 Å². The number of sulfonamides is 1. The van der Waals surface area contributed by atoms with Gasteiger partial charge in [0.05, 0.1) is 24.2 Å². The summed E-state index contributed by atoms with van der Waals surface area (Å²) in [6, 6.07) is 3.22. The highest BCUT2D eigenvalue weighted by atomic mass is 35.5. The number of morpholine rings is 1. The summed E-state index contributed by atoms with van der Waals surface area (Å²) in [5.74, 6) is -1.00. The normalized spacial score (nSPS) is 22.8. The Morgan fingerprint density at radius 3 is 2.64 bits per heavy atom. The molecule has 0 spiro atoms. The van der Waals surface area contributed by atoms with E-state index in [1.165, 1.54) is 10.4 Å². The Kier molecular flexibility index (Phi) is 5.62. The summed E-state index contributed by atoms with van der Waals surface area (Å²) in [5, 5.41) is -0.151. The van der Waals surface area contributed by atoms with Crippen molar-refractivity contribution in [2.45, 2.75) is 17.7 Å². The molecule has 9 heteroatoms. The minimum Gasteiger partial charge on any atom is -0.378 e. The zero-order valence-corrected chi connectivity index (χ0v) is 15.2. The van der Waals surface area contributed by atoms with Gasteiger partial charge in [0.1, 0.15) is 10.7 Å². The van der Waals surface area contributed by atoms with Gasteiger partial charge in [0.15, 0.2) is 0 Å². The lowest BCUT2D eigenvalue weighted by Crippen LogP contribution is -2.49. The van der Waals surface area contributed by atoms with E-state index in [0.717, 1.165) is 12.1 Å². The summed E-state index contributed by atoms with van der Waals surface area (Å²) < 4.78 is 45.4. The predicted molar refractivity (Wildman–Crippen MR) is 90.3 cm³/mol. The zero-order valence-electron chi connectivity index (χ0n) is 13.7. The maximum atomic E-state index is 13.2. The molecule has 25 heavy (non-hydrogen) atoms. The average molecular weight is 391 g/mol. The highest BCUT2D eigenvalue weighted by Gasteiger charge is 2.36. The molecule has 2 aliphatic rings. The second-order valence-corrected chi connectivity index (χ2v) is 8.53. The number of ether oxygens (including phenoxy) is 1. The van der Waals surface area contributed by atoms with Gasteiger partial charge in [0.25, 0.3) is 0 Å². The molecule has 0 N–H and O–H groups in total. The quantitative estimate of drug-likeness (QED) is 0.788. The SMILES string of the molecule is O=C(C1CCCN(S(=O)(=O)c2ccc(F)cc2Cl)C1)N1CCOCC1. The van der Waals surface area contributed by atoms with Gasteiger partial charge >= 0.3 is 0 Å². The van der Waals surface area contributed by atoms with E-state index in [4.69, 9.17) is 16.3 Å². The van der Waals surface area contributed by atoms with E-state index >= 15 is 0 Å². The van der Waals surface area contributed by atoms with Gasteiger partial charge < -0.3 is 9.64 Å². The Balaban J connectivity index is 1.77. The monoisotopic (exact) mass is 390 g/mol. The van der Waals surface area contributed by atoms with E-state index in [1.54, 1.807) is 4.90 Å². The van der Waals surface area contributed by atoms with E-state index in [-0.39, 0.29) is 28.3 Å². The van der Waals surface area contributed by atoms with Crippen LogP contribution in [0.4, 0.5) is 4.39 Å². The number of carbonyl (C=O) groups excluding carboxylic acids is 1. The van der Waals surface area contributed by atoms with Crippen LogP contribution in [0.1, 0.15) is 12.8 Å². The Labute approximate surface area is 151 Å². The molecule has 2 aliphatic heterocycles. The third-order valence-electron chi connectivity index (χ3n) is 4.57. The van der Waals surface area contributed by atoms with Crippen molar-refractivity contribution in [3.8, 4) is 0 Å². The van der Waals surface area contributed by atoms with E-state index in [2.05, 4.69) is 0 Å². The van der Waals surface area contributed by atoms with Crippen molar-refractivity contribution in [1.82, 2.24) is 9.21 Å². The van der Waals surface area contributed by atoms with E-state index in [0.29, 0.717) is 45.7 Å². The molecule has 0 saturated carbocycles. The Morgan fingerprint density at radius 1 is 1.24 bits per heavy atom. The van der Waals surface area contributed by atoms with Crippen LogP contribution in [0.5, 0.6) is 0 Å². The maximum Gasteiger partial charge on any atom is 0.244 e. The molecule has 1 aromatic rings. The molecule has 0 bridgehead atoms. The van der Waals surface area contributed by atoms with E-state index in [1.807, 2.05) is 0 Å². The number of hydrogen-bond acceptors (Lipinski definition) is 4. The molecule has 6 nitrogen and oxygen atoms in total. The highest BCUT2D eigenvalue weighted by molar-refractivity contribution is 7.89. The first-order chi connectivity index (χ1) is 11.9. The van der Waals surface area contributed by atoms with Crippen molar-refractivity contribution < 1.29 is 22.3 Å². The molecule has 1 amide bonds. The number of benzene rings is 1. The molecule has 0 radical (unpaired) electrons. The summed E-state index contributed by atoms with van der Waals surface area (Å²) in [5.41, 5.74) is 0. The Morgan fingerprint density at radius 2 is 1.96 bits per heavy atom. The van der Waals surface area contributed by atoms with Crippen LogP contribution >= 0.6 is 11.6 Å².